The summed E-state index contributed by atoms with van der Waals surface area (Å²) in [6, 6.07) is 28.1. The molecule has 0 saturated carbocycles. The molecule has 1 unspecified atom stereocenters. The third-order valence-electron chi connectivity index (χ3n) is 9.68. The van der Waals surface area contributed by atoms with Crippen LogP contribution in [0.1, 0.15) is 98.6 Å². The van der Waals surface area contributed by atoms with E-state index in [4.69, 9.17) is 24.0 Å². The zero-order valence-corrected chi connectivity index (χ0v) is 28.9. The Labute approximate surface area is 290 Å². The number of esters is 1. The van der Waals surface area contributed by atoms with E-state index in [0.29, 0.717) is 18.1 Å². The lowest BCUT2D eigenvalue weighted by atomic mass is 9.76. The summed E-state index contributed by atoms with van der Waals surface area (Å²) >= 11 is 0. The molecule has 2 aliphatic carbocycles. The average molecular weight is 661 g/mol. The van der Waals surface area contributed by atoms with Gasteiger partial charge in [-0.3, -0.25) is 0 Å². The first-order chi connectivity index (χ1) is 24.1. The fourth-order valence-corrected chi connectivity index (χ4v) is 6.95. The lowest BCUT2D eigenvalue weighted by Crippen LogP contribution is -2.21. The first-order valence-electron chi connectivity index (χ1n) is 18.0. The number of ether oxygens (including phenoxy) is 3. The number of hydrogen-bond donors (Lipinski definition) is 0. The number of unbranched alkanes of at least 4 members (excludes halogenated alkanes) is 4. The van der Waals surface area contributed by atoms with E-state index in [1.165, 1.54) is 47.6 Å². The molecule has 6 rings (SSSR count). The highest BCUT2D eigenvalue weighted by molar-refractivity contribution is 5.88. The van der Waals surface area contributed by atoms with E-state index in [2.05, 4.69) is 38.1 Å². The zero-order valence-electron chi connectivity index (χ0n) is 28.9. The Balaban J connectivity index is 1.05. The first-order valence-corrected chi connectivity index (χ1v) is 18.0. The number of benzene rings is 4. The van der Waals surface area contributed by atoms with Crippen molar-refractivity contribution in [3.05, 3.63) is 124 Å². The van der Waals surface area contributed by atoms with Gasteiger partial charge >= 0.3 is 5.97 Å². The number of hydrogen-bond acceptors (Lipinski definition) is 6. The third-order valence-corrected chi connectivity index (χ3v) is 9.68. The van der Waals surface area contributed by atoms with E-state index < -0.39 is 5.97 Å². The fourth-order valence-electron chi connectivity index (χ4n) is 6.95. The van der Waals surface area contributed by atoms with Gasteiger partial charge in [0.1, 0.15) is 23.9 Å². The molecule has 256 valence electrons. The third kappa shape index (κ3) is 8.73. The summed E-state index contributed by atoms with van der Waals surface area (Å²) < 4.78 is 17.4. The highest BCUT2D eigenvalue weighted by Gasteiger charge is 2.45. The van der Waals surface area contributed by atoms with Crippen molar-refractivity contribution in [2.75, 3.05) is 13.2 Å². The molecule has 0 aliphatic heterocycles. The van der Waals surface area contributed by atoms with Gasteiger partial charge in [0, 0.05) is 11.5 Å². The van der Waals surface area contributed by atoms with Crippen LogP contribution in [0.3, 0.4) is 0 Å². The average Bonchev–Trinajstić information content (AvgIpc) is 3.69. The molecule has 49 heavy (non-hydrogen) atoms. The molecule has 2 aliphatic rings. The summed E-state index contributed by atoms with van der Waals surface area (Å²) in [5.41, 5.74) is 6.95. The van der Waals surface area contributed by atoms with Crippen molar-refractivity contribution in [3.63, 3.8) is 0 Å². The van der Waals surface area contributed by atoms with Crippen molar-refractivity contribution < 1.29 is 28.8 Å². The smallest absolute Gasteiger partial charge is 0.336 e. The minimum atomic E-state index is -0.401. The number of fused-ring (bicyclic) bond motifs is 4. The second kappa shape index (κ2) is 16.7. The monoisotopic (exact) mass is 660 g/mol. The molecule has 4 aromatic carbocycles. The molecule has 0 N–H and O–H groups in total. The second-order valence-electron chi connectivity index (χ2n) is 13.1. The number of carbonyl (C=O) groups excluding carboxylic acids is 1. The van der Waals surface area contributed by atoms with Crippen LogP contribution in [0.2, 0.25) is 0 Å². The summed E-state index contributed by atoms with van der Waals surface area (Å²) in [6.07, 6.45) is 14.1. The molecule has 0 fully saturated rings. The van der Waals surface area contributed by atoms with Gasteiger partial charge in [-0.15, -0.1) is 0 Å². The molecule has 0 aromatic heterocycles. The summed E-state index contributed by atoms with van der Waals surface area (Å²) in [6.45, 7) is 6.15. The maximum Gasteiger partial charge on any atom is 0.336 e. The molecule has 6 nitrogen and oxygen atoms in total. The van der Waals surface area contributed by atoms with Crippen LogP contribution in [-0.4, -0.2) is 19.2 Å². The van der Waals surface area contributed by atoms with E-state index in [-0.39, 0.29) is 5.41 Å². The highest BCUT2D eigenvalue weighted by atomic mass is 17.2. The second-order valence-corrected chi connectivity index (χ2v) is 13.1. The van der Waals surface area contributed by atoms with Crippen molar-refractivity contribution in [1.82, 2.24) is 0 Å². The predicted octanol–water partition coefficient (Wildman–Crippen LogP) is 10.1. The van der Waals surface area contributed by atoms with E-state index in [1.54, 1.807) is 6.08 Å². The standard InChI is InChI=1S/C43H48O6/c1-3-5-7-8-28-46-36-16-9-32(10-17-36)13-22-42(44)48-38-20-14-34-23-25-43(40(34)29-38)26-24-35-15-21-39(30-41(35)43)49-47-31-33-11-18-37(19-12-33)45-27-6-4-2/h9-22,29-30H,3-8,23-28,31H2,1-2H3/b22-13+. The normalized spacial score (nSPS) is 16.1. The molecular formula is C43H48O6. The van der Waals surface area contributed by atoms with Crippen molar-refractivity contribution >= 4 is 12.0 Å². The van der Waals surface area contributed by atoms with Gasteiger partial charge in [0.15, 0.2) is 5.75 Å². The zero-order chi connectivity index (χ0) is 33.9. The lowest BCUT2D eigenvalue weighted by Gasteiger charge is -2.27. The van der Waals surface area contributed by atoms with Crippen LogP contribution in [0.25, 0.3) is 6.08 Å². The molecule has 6 heteroatoms. The van der Waals surface area contributed by atoms with Crippen LogP contribution < -0.4 is 19.1 Å². The Kier molecular flexibility index (Phi) is 11.7. The van der Waals surface area contributed by atoms with E-state index in [1.807, 2.05) is 60.7 Å². The van der Waals surface area contributed by atoms with E-state index in [9.17, 15) is 4.79 Å². The number of carbonyl (C=O) groups is 1. The summed E-state index contributed by atoms with van der Waals surface area (Å²) in [5.74, 6) is 2.56. The molecule has 0 heterocycles. The van der Waals surface area contributed by atoms with Crippen LogP contribution >= 0.6 is 0 Å². The quantitative estimate of drug-likeness (QED) is 0.0281. The SMILES string of the molecule is CCCCCCOc1ccc(/C=C/C(=O)Oc2ccc3c(c2)C2(CCc4ccc(OOCc5ccc(OCCCC)cc5)cc42)CC3)cc1. The first kappa shape index (κ1) is 34.3. The summed E-state index contributed by atoms with van der Waals surface area (Å²) in [5, 5.41) is 0. The largest absolute Gasteiger partial charge is 0.494 e. The van der Waals surface area contributed by atoms with Gasteiger partial charge in [0.05, 0.1) is 13.2 Å². The summed E-state index contributed by atoms with van der Waals surface area (Å²) in [4.78, 5) is 24.3. The summed E-state index contributed by atoms with van der Waals surface area (Å²) in [7, 11) is 0. The fraction of sp³-hybridized carbons (Fsp3) is 0.372. The Morgan fingerprint density at radius 3 is 1.94 bits per heavy atom. The van der Waals surface area contributed by atoms with Crippen LogP contribution in [0.4, 0.5) is 0 Å². The van der Waals surface area contributed by atoms with E-state index >= 15 is 0 Å². The molecule has 0 radical (unpaired) electrons. The minimum absolute atomic E-state index is 0.129. The molecule has 0 bridgehead atoms. The van der Waals surface area contributed by atoms with Crippen molar-refractivity contribution in [2.45, 2.75) is 90.1 Å². The lowest BCUT2D eigenvalue weighted by molar-refractivity contribution is -0.217. The molecular weight excluding hydrogens is 612 g/mol. The van der Waals surface area contributed by atoms with Crippen molar-refractivity contribution in [2.24, 2.45) is 0 Å². The van der Waals surface area contributed by atoms with E-state index in [0.717, 1.165) is 80.8 Å². The van der Waals surface area contributed by atoms with Gasteiger partial charge in [0.25, 0.3) is 0 Å². The predicted molar refractivity (Wildman–Crippen MR) is 193 cm³/mol. The Morgan fingerprint density at radius 2 is 1.27 bits per heavy atom. The van der Waals surface area contributed by atoms with Crippen LogP contribution in [0.15, 0.2) is 91.0 Å². The van der Waals surface area contributed by atoms with Gasteiger partial charge in [0.2, 0.25) is 0 Å². The molecule has 1 spiro atoms. The maximum atomic E-state index is 12.8. The van der Waals surface area contributed by atoms with Gasteiger partial charge in [-0.2, -0.15) is 4.89 Å². The maximum absolute atomic E-state index is 12.8. The van der Waals surface area contributed by atoms with Crippen LogP contribution in [0.5, 0.6) is 23.0 Å². The Bertz CT molecular complexity index is 1700. The molecule has 4 aromatic rings. The molecule has 0 amide bonds. The molecule has 1 atom stereocenters. The Hall–Kier alpha value is -4.55. The molecule has 0 saturated heterocycles. The van der Waals surface area contributed by atoms with Crippen molar-refractivity contribution in [3.8, 4) is 23.0 Å². The minimum Gasteiger partial charge on any atom is -0.494 e. The Morgan fingerprint density at radius 1 is 0.673 bits per heavy atom. The highest BCUT2D eigenvalue weighted by Crippen LogP contribution is 2.53. The van der Waals surface area contributed by atoms with Crippen LogP contribution in [0, 0.1) is 0 Å². The van der Waals surface area contributed by atoms with Gasteiger partial charge < -0.3 is 19.1 Å². The van der Waals surface area contributed by atoms with Gasteiger partial charge in [-0.25, -0.2) is 4.79 Å². The van der Waals surface area contributed by atoms with Crippen LogP contribution in [-0.2, 0) is 34.5 Å². The number of aryl methyl sites for hydroxylation is 2. The van der Waals surface area contributed by atoms with Gasteiger partial charge in [-0.1, -0.05) is 75.9 Å². The van der Waals surface area contributed by atoms with Gasteiger partial charge in [-0.05, 0) is 127 Å². The number of rotatable bonds is 17. The topological polar surface area (TPSA) is 63.2 Å². The van der Waals surface area contributed by atoms with Crippen molar-refractivity contribution in [1.29, 1.82) is 0 Å².